The van der Waals surface area contributed by atoms with Crippen LogP contribution in [0.1, 0.15) is 0 Å². The van der Waals surface area contributed by atoms with Crippen molar-refractivity contribution >= 4 is 0 Å². The molecule has 0 fully saturated rings. The van der Waals surface area contributed by atoms with Crippen molar-refractivity contribution in [3.8, 4) is 0 Å². The van der Waals surface area contributed by atoms with Crippen molar-refractivity contribution < 1.29 is 33.0 Å². The van der Waals surface area contributed by atoms with Crippen molar-refractivity contribution in [3.05, 3.63) is 11.6 Å². The van der Waals surface area contributed by atoms with E-state index in [0.717, 1.165) is 0 Å². The van der Waals surface area contributed by atoms with Gasteiger partial charge in [0.2, 0.25) is 0 Å². The molecule has 25 valence electrons. The van der Waals surface area contributed by atoms with Crippen molar-refractivity contribution in [2.75, 3.05) is 0 Å². The molecule has 0 nitrogen and oxygen atoms in total. The monoisotopic (exact) mass is 161 g/mol. The second-order valence-electron chi connectivity index (χ2n) is 0.154. The predicted molar refractivity (Wildman–Crippen MR) is 10.2 cm³/mol. The van der Waals surface area contributed by atoms with Crippen LogP contribution in [0.3, 0.4) is 0 Å². The van der Waals surface area contributed by atoms with Gasteiger partial charge in [0.05, 0.1) is 0 Å². The molecule has 4 heavy (non-hydrogen) atoms. The normalized spacial score (nSPS) is 3.00. The Kier molecular flexibility index (Phi) is 20.5. The van der Waals surface area contributed by atoms with Crippen LogP contribution in [0.4, 0.5) is 0 Å². The summed E-state index contributed by atoms with van der Waals surface area (Å²) in [6.45, 7) is 3.28. The fourth-order valence-electron chi connectivity index (χ4n) is 0. The average molecular weight is 162 g/mol. The van der Waals surface area contributed by atoms with Gasteiger partial charge in [-0.3, -0.25) is 0 Å². The molecule has 0 aromatic heterocycles. The third-order valence-corrected chi connectivity index (χ3v) is 0. The molecular weight excluding hydrogens is 159 g/mol. The molecular formula is C2H3BrMn. The van der Waals surface area contributed by atoms with Gasteiger partial charge in [0.1, 0.15) is 0 Å². The smallest absolute Gasteiger partial charge is 1.00 e. The van der Waals surface area contributed by atoms with Crippen molar-refractivity contribution in [1.82, 2.24) is 0 Å². The molecule has 2 heteroatoms. The van der Waals surface area contributed by atoms with Crippen LogP contribution in [0.2, 0.25) is 0 Å². The second-order valence-corrected chi connectivity index (χ2v) is 0.636. The molecule has 0 radical (unpaired) electrons. The van der Waals surface area contributed by atoms with Crippen LogP contribution in [0.25, 0.3) is 0 Å². The molecule has 0 unspecified atom stereocenters. The Hall–Kier alpha value is 0.739. The maximum Gasteiger partial charge on any atom is -1.00 e. The van der Waals surface area contributed by atoms with E-state index in [1.165, 1.54) is 0 Å². The summed E-state index contributed by atoms with van der Waals surface area (Å²) in [5.74, 6) is 0. The zero-order chi connectivity index (χ0) is 2.71. The Morgan fingerprint density at radius 2 is 1.75 bits per heavy atom. The van der Waals surface area contributed by atoms with E-state index >= 15 is 0 Å². The Balaban J connectivity index is 0. The fourth-order valence-corrected chi connectivity index (χ4v) is 0. The van der Waals surface area contributed by atoms with Crippen molar-refractivity contribution in [2.24, 2.45) is 0 Å². The maximum absolute atomic E-state index is 3.28. The van der Waals surface area contributed by atoms with E-state index < -0.39 is 0 Å². The summed E-state index contributed by atoms with van der Waals surface area (Å²) >= 11 is 2.91. The molecule has 0 N–H and O–H groups in total. The molecule has 0 rings (SSSR count). The minimum absolute atomic E-state index is 0. The Morgan fingerprint density at radius 3 is 1.75 bits per heavy atom. The molecule has 0 saturated heterocycles. The summed E-state index contributed by atoms with van der Waals surface area (Å²) in [7, 11) is 0. The summed E-state index contributed by atoms with van der Waals surface area (Å²) in [6.07, 6.45) is 0. The van der Waals surface area contributed by atoms with Gasteiger partial charge >= 0.3 is 27.6 Å². The van der Waals surface area contributed by atoms with E-state index in [0.29, 0.717) is 0 Å². The van der Waals surface area contributed by atoms with Gasteiger partial charge in [0.15, 0.2) is 0 Å². The Bertz CT molecular complexity index is 13.5. The van der Waals surface area contributed by atoms with Crippen molar-refractivity contribution in [2.45, 2.75) is 0 Å². The zero-order valence-corrected chi connectivity index (χ0v) is 4.81. The summed E-state index contributed by atoms with van der Waals surface area (Å²) < 4.78 is 0. The van der Waals surface area contributed by atoms with Crippen LogP contribution in [0.15, 0.2) is 11.6 Å². The first kappa shape index (κ1) is 8.83. The van der Waals surface area contributed by atoms with Crippen molar-refractivity contribution in [3.63, 3.8) is 0 Å². The van der Waals surface area contributed by atoms with Crippen LogP contribution in [0, 0.1) is 0 Å². The van der Waals surface area contributed by atoms with Gasteiger partial charge in [-0.15, -0.1) is 0 Å². The summed E-state index contributed by atoms with van der Waals surface area (Å²) in [6, 6.07) is 0. The van der Waals surface area contributed by atoms with E-state index in [4.69, 9.17) is 0 Å². The van der Waals surface area contributed by atoms with Crippen LogP contribution in [0.5, 0.6) is 0 Å². The quantitative estimate of drug-likeness (QED) is 0.351. The van der Waals surface area contributed by atoms with Gasteiger partial charge in [-0.2, -0.15) is 0 Å². The number of hydrogen-bond acceptors (Lipinski definition) is 0. The fraction of sp³-hybridized carbons (Fsp3) is 0. The molecule has 0 aliphatic carbocycles. The first-order valence-corrected chi connectivity index (χ1v) is 1.31. The second kappa shape index (κ2) is 9.27. The van der Waals surface area contributed by atoms with E-state index in [1.807, 2.05) is 0 Å². The first-order chi connectivity index (χ1) is 1.41. The van der Waals surface area contributed by atoms with Gasteiger partial charge in [-0.05, 0) is 0 Å². The van der Waals surface area contributed by atoms with E-state index in [2.05, 4.69) is 22.6 Å². The van der Waals surface area contributed by atoms with Crippen LogP contribution >= 0.6 is 0 Å². The molecule has 0 aromatic rings. The zero-order valence-electron chi connectivity index (χ0n) is 2.04. The SMILES string of the molecule is C=[CH][Mn+].[Br-]. The minimum atomic E-state index is 0. The molecule has 0 spiro atoms. The Morgan fingerprint density at radius 1 is 1.75 bits per heavy atom. The molecule has 0 aliphatic heterocycles. The number of rotatable bonds is 0. The topological polar surface area (TPSA) is 0 Å². The predicted octanol–water partition coefficient (Wildman–Crippen LogP) is -2.32. The Labute approximate surface area is 44.9 Å². The van der Waals surface area contributed by atoms with E-state index in [9.17, 15) is 0 Å². The van der Waals surface area contributed by atoms with Crippen LogP contribution in [-0.4, -0.2) is 0 Å². The largest absolute Gasteiger partial charge is 1.00 e. The van der Waals surface area contributed by atoms with Crippen LogP contribution < -0.4 is 17.0 Å². The molecule has 0 saturated carbocycles. The summed E-state index contributed by atoms with van der Waals surface area (Å²) in [4.78, 5) is 1.56. The van der Waals surface area contributed by atoms with E-state index in [1.54, 1.807) is 4.97 Å². The molecule has 0 aliphatic rings. The summed E-state index contributed by atoms with van der Waals surface area (Å²) in [5, 5.41) is 0. The standard InChI is InChI=1S/C2H3.BrH.Mn/c1-2;;/h1H,2H2;1H;/q;;+1/p-1. The third-order valence-electron chi connectivity index (χ3n) is 0. The molecule has 0 amide bonds. The van der Waals surface area contributed by atoms with Gasteiger partial charge < -0.3 is 17.0 Å². The van der Waals surface area contributed by atoms with Gasteiger partial charge in [0, 0.05) is 0 Å². The molecule has 0 heterocycles. The molecule has 0 atom stereocenters. The van der Waals surface area contributed by atoms with Gasteiger partial charge in [-0.1, -0.05) is 0 Å². The minimum Gasteiger partial charge on any atom is -1.00 e. The van der Waals surface area contributed by atoms with Gasteiger partial charge in [-0.25, -0.2) is 0 Å². The van der Waals surface area contributed by atoms with Crippen molar-refractivity contribution in [1.29, 1.82) is 0 Å². The van der Waals surface area contributed by atoms with Gasteiger partial charge in [0.25, 0.3) is 0 Å². The molecule has 0 aromatic carbocycles. The number of hydrogen-bond donors (Lipinski definition) is 0. The first-order valence-electron chi connectivity index (χ1n) is 0.626. The molecule has 0 bridgehead atoms. The third kappa shape index (κ3) is 15.2. The summed E-state index contributed by atoms with van der Waals surface area (Å²) in [5.41, 5.74) is 0. The number of halogens is 1. The maximum atomic E-state index is 3.28. The van der Waals surface area contributed by atoms with E-state index in [-0.39, 0.29) is 17.0 Å². The average Bonchev–Trinajstić information content (AvgIpc) is 0.918. The van der Waals surface area contributed by atoms with Crippen LogP contribution in [-0.2, 0) is 16.0 Å².